The Labute approximate surface area is 533 Å². The number of phenolic OH excluding ortho intramolecular Hbond substituents is 1. The van der Waals surface area contributed by atoms with E-state index in [1.807, 2.05) is 0 Å². The fourth-order valence-electron chi connectivity index (χ4n) is 10.7. The molecule has 94 heavy (non-hydrogen) atoms. The van der Waals surface area contributed by atoms with Crippen LogP contribution in [-0.4, -0.2) is 279 Å². The van der Waals surface area contributed by atoms with Gasteiger partial charge in [-0.1, -0.05) is 18.2 Å². The average Bonchev–Trinajstić information content (AvgIpc) is 0.803. The molecule has 6 aliphatic heterocycles. The summed E-state index contributed by atoms with van der Waals surface area (Å²) in [5.41, 5.74) is -1.06. The molecule has 0 aliphatic carbocycles. The predicted molar refractivity (Wildman–Crippen MR) is 300 cm³/mol. The van der Waals surface area contributed by atoms with Gasteiger partial charge < -0.3 is 143 Å². The minimum Gasteiger partial charge on any atom is -0.508 e. The lowest BCUT2D eigenvalue weighted by Crippen LogP contribution is -2.60. The van der Waals surface area contributed by atoms with Crippen LogP contribution in [0, 0.1) is 17.8 Å². The number of carbonyl (C=O) groups excluding carboxylic acids is 6. The van der Waals surface area contributed by atoms with Crippen LogP contribution >= 0.6 is 0 Å². The van der Waals surface area contributed by atoms with E-state index in [9.17, 15) is 100 Å². The van der Waals surface area contributed by atoms with E-state index in [4.69, 9.17) is 71.1 Å². The molecule has 14 N–H and O–H groups in total. The van der Waals surface area contributed by atoms with Gasteiger partial charge in [0.2, 0.25) is 18.9 Å². The van der Waals surface area contributed by atoms with Crippen LogP contribution in [0.1, 0.15) is 31.2 Å². The number of aliphatic hydroxyl groups excluding tert-OH is 13. The smallest absolute Gasteiger partial charge is 0.337 e. The first-order valence-corrected chi connectivity index (χ1v) is 29.1. The Morgan fingerprint density at radius 1 is 0.447 bits per heavy atom. The maximum Gasteiger partial charge on any atom is 0.337 e. The molecule has 6 aliphatic rings. The molecule has 1 aromatic rings. The highest BCUT2D eigenvalue weighted by Gasteiger charge is 2.51. The highest BCUT2D eigenvalue weighted by Crippen LogP contribution is 2.41. The van der Waals surface area contributed by atoms with Gasteiger partial charge in [0.25, 0.3) is 0 Å². The number of aromatic hydroxyl groups is 1. The molecular weight excluding hydrogens is 1270 g/mol. The number of phenols is 1. The van der Waals surface area contributed by atoms with E-state index in [1.165, 1.54) is 30.3 Å². The van der Waals surface area contributed by atoms with Crippen molar-refractivity contribution in [2.24, 2.45) is 17.8 Å². The SMILES string of the molecule is COC(=O)C1=CO[C@H](O[C@@H]2O[C@H](CO)[C@@H](O)[C@@H](O)[C@H]2O)C(=CCOC(=O)C[C@@H]2C(C(=O)OC)=CO[C@@H](O[C@H]3O[C@@H](CO)[C@H](O)[C@H](O)[C@@H]3O)C2=CCO)[C@@H]1CC(=O)OCC=C1[C@H](O[C@H]2O[C@@H](CO)[C@H](O)[C@H](O)[C@@H]2O)OC=C(C(=O)OC)[C@@H]1CCC(=O)OCc1ccc(O)cc1. The monoisotopic (exact) mass is 1340 g/mol. The summed E-state index contributed by atoms with van der Waals surface area (Å²) in [6, 6.07) is 5.75. The lowest BCUT2D eigenvalue weighted by Gasteiger charge is -2.42. The summed E-state index contributed by atoms with van der Waals surface area (Å²) in [6.07, 6.45) is -29.3. The standard InChI is InChI=1S/C59H76O35/c1-80-51(77)33-22-86-55(93-58-49(75)46(72)43(69)37(19-62)90-58)29(27(33)8-9-39(65)85-21-25-4-6-26(64)7-5-25)11-14-83-41(67)17-32-30(56(88-24-35(32)53(79)82-3)94-59-50(76)47(73)44(70)38(20-63)91-59)12-15-84-40(66)16-31-28(10-13-60)54(87-23-34(31)52(78)81-2)92-57-48(74)45(71)42(68)36(18-61)89-57/h4-7,10-12,22-24,27,31-32,36-38,42-50,54-64,68-76H,8-9,13-21H2,1-3H3/t27-,31+,32+,36+,37+,38-,42+,43+,44-,45+,46+,47-,48+,49+,50-,54+,55+,56-,57-,58-,59+/m1/s1. The van der Waals surface area contributed by atoms with Crippen molar-refractivity contribution in [2.75, 3.05) is 61.0 Å². The number of rotatable bonds is 26. The van der Waals surface area contributed by atoms with Crippen molar-refractivity contribution in [1.29, 1.82) is 0 Å². The normalized spacial score (nSPS) is 34.7. The fraction of sp³-hybridized carbons (Fsp3) is 0.593. The molecule has 0 spiro atoms. The number of methoxy groups -OCH3 is 3. The van der Waals surface area contributed by atoms with Crippen LogP contribution in [0.4, 0.5) is 0 Å². The first-order valence-electron chi connectivity index (χ1n) is 29.1. The third-order valence-corrected chi connectivity index (χ3v) is 15.9. The molecule has 21 atom stereocenters. The van der Waals surface area contributed by atoms with Gasteiger partial charge in [0.15, 0.2) is 18.9 Å². The van der Waals surface area contributed by atoms with Gasteiger partial charge in [0.05, 0.1) is 96.1 Å². The zero-order valence-electron chi connectivity index (χ0n) is 50.5. The van der Waals surface area contributed by atoms with Crippen molar-refractivity contribution in [3.05, 3.63) is 100 Å². The Balaban J connectivity index is 1.18. The van der Waals surface area contributed by atoms with E-state index in [0.717, 1.165) is 52.3 Å². The summed E-state index contributed by atoms with van der Waals surface area (Å²) in [5, 5.41) is 145. The first kappa shape index (κ1) is 74.3. The van der Waals surface area contributed by atoms with E-state index in [1.54, 1.807) is 0 Å². The summed E-state index contributed by atoms with van der Waals surface area (Å²) in [5.74, 6) is -10.5. The summed E-state index contributed by atoms with van der Waals surface area (Å²) in [7, 11) is 3.01. The fourth-order valence-corrected chi connectivity index (χ4v) is 10.7. The van der Waals surface area contributed by atoms with Crippen molar-refractivity contribution in [3.8, 4) is 5.75 Å². The first-order chi connectivity index (χ1) is 44.9. The second-order valence-corrected chi connectivity index (χ2v) is 21.7. The molecule has 6 heterocycles. The van der Waals surface area contributed by atoms with Gasteiger partial charge in [-0.15, -0.1) is 0 Å². The lowest BCUT2D eigenvalue weighted by atomic mass is 9.85. The van der Waals surface area contributed by atoms with Crippen LogP contribution in [0.25, 0.3) is 0 Å². The number of esters is 6. The zero-order valence-corrected chi connectivity index (χ0v) is 50.5. The summed E-state index contributed by atoms with van der Waals surface area (Å²) in [6.45, 7) is -5.24. The van der Waals surface area contributed by atoms with Crippen LogP contribution in [-0.2, 0) is 106 Å². The van der Waals surface area contributed by atoms with Crippen LogP contribution in [0.5, 0.6) is 5.75 Å². The van der Waals surface area contributed by atoms with E-state index >= 15 is 0 Å². The predicted octanol–water partition coefficient (Wildman–Crippen LogP) is -5.61. The number of hydrogen-bond acceptors (Lipinski definition) is 35. The van der Waals surface area contributed by atoms with Gasteiger partial charge in [0.1, 0.15) is 98.8 Å². The number of ether oxygens (including phenoxy) is 15. The van der Waals surface area contributed by atoms with Crippen molar-refractivity contribution in [3.63, 3.8) is 0 Å². The van der Waals surface area contributed by atoms with Crippen molar-refractivity contribution in [1.82, 2.24) is 0 Å². The maximum absolute atomic E-state index is 14.3. The molecule has 3 saturated heterocycles. The Morgan fingerprint density at radius 3 is 1.15 bits per heavy atom. The molecule has 0 radical (unpaired) electrons. The van der Waals surface area contributed by atoms with Gasteiger partial charge in [-0.05, 0) is 36.3 Å². The Kier molecular flexibility index (Phi) is 27.3. The van der Waals surface area contributed by atoms with Crippen LogP contribution in [0.15, 0.2) is 94.7 Å². The number of hydrogen-bond donors (Lipinski definition) is 14. The second-order valence-electron chi connectivity index (χ2n) is 21.7. The molecule has 522 valence electrons. The molecule has 7 rings (SSSR count). The van der Waals surface area contributed by atoms with Crippen molar-refractivity contribution < 1.29 is 171 Å². The molecule has 0 bridgehead atoms. The van der Waals surface area contributed by atoms with Crippen LogP contribution < -0.4 is 0 Å². The minimum absolute atomic E-state index is 0.0423. The third-order valence-electron chi connectivity index (χ3n) is 15.9. The summed E-state index contributed by atoms with van der Waals surface area (Å²) in [4.78, 5) is 81.7. The molecule has 0 amide bonds. The van der Waals surface area contributed by atoms with Crippen LogP contribution in [0.2, 0.25) is 0 Å². The van der Waals surface area contributed by atoms with E-state index in [-0.39, 0.29) is 46.6 Å². The maximum atomic E-state index is 14.3. The number of carbonyl (C=O) groups is 6. The largest absolute Gasteiger partial charge is 0.508 e. The Hall–Kier alpha value is -7.08. The lowest BCUT2D eigenvalue weighted by molar-refractivity contribution is -0.328. The highest BCUT2D eigenvalue weighted by molar-refractivity contribution is 5.92. The van der Waals surface area contributed by atoms with E-state index in [2.05, 4.69) is 0 Å². The number of aliphatic hydroxyl groups is 13. The minimum atomic E-state index is -2.07. The highest BCUT2D eigenvalue weighted by atomic mass is 16.8. The van der Waals surface area contributed by atoms with Crippen molar-refractivity contribution >= 4 is 35.8 Å². The molecule has 3 fully saturated rings. The molecule has 0 unspecified atom stereocenters. The Bertz CT molecular complexity index is 2950. The van der Waals surface area contributed by atoms with E-state index < -0.39 is 229 Å². The molecule has 0 aromatic heterocycles. The second kappa shape index (κ2) is 34.5. The van der Waals surface area contributed by atoms with Gasteiger partial charge in [-0.3, -0.25) is 14.4 Å². The van der Waals surface area contributed by atoms with Gasteiger partial charge in [0, 0.05) is 40.9 Å². The van der Waals surface area contributed by atoms with E-state index in [0.29, 0.717) is 5.56 Å². The average molecular weight is 1350 g/mol. The summed E-state index contributed by atoms with van der Waals surface area (Å²) < 4.78 is 83.0. The molecule has 0 saturated carbocycles. The summed E-state index contributed by atoms with van der Waals surface area (Å²) >= 11 is 0. The Morgan fingerprint density at radius 2 is 0.798 bits per heavy atom. The zero-order chi connectivity index (χ0) is 68.7. The van der Waals surface area contributed by atoms with Gasteiger partial charge >= 0.3 is 35.8 Å². The van der Waals surface area contributed by atoms with Gasteiger partial charge in [-0.2, -0.15) is 0 Å². The quantitative estimate of drug-likeness (QED) is 0.0234. The molecule has 1 aromatic carbocycles. The van der Waals surface area contributed by atoms with Crippen molar-refractivity contribution in [2.45, 2.75) is 143 Å². The van der Waals surface area contributed by atoms with Gasteiger partial charge in [-0.25, -0.2) is 14.4 Å². The molecular formula is C59H76O35. The topological polar surface area (TPSA) is 524 Å². The number of benzene rings is 1. The molecule has 35 nitrogen and oxygen atoms in total. The van der Waals surface area contributed by atoms with Crippen LogP contribution in [0.3, 0.4) is 0 Å². The molecule has 35 heteroatoms. The third kappa shape index (κ3) is 17.9.